The highest BCUT2D eigenvalue weighted by atomic mass is 79.9. The van der Waals surface area contributed by atoms with Crippen molar-refractivity contribution in [3.05, 3.63) is 68.1 Å². The maximum Gasteiger partial charge on any atom is 0.241 e. The van der Waals surface area contributed by atoms with Gasteiger partial charge in [-0.25, -0.2) is 0 Å². The lowest BCUT2D eigenvalue weighted by Crippen LogP contribution is -2.64. The van der Waals surface area contributed by atoms with E-state index in [9.17, 15) is 4.79 Å². The number of hydrogen-bond donors (Lipinski definition) is 2. The van der Waals surface area contributed by atoms with E-state index in [2.05, 4.69) is 90.7 Å². The Kier molecular flexibility index (Phi) is 9.22. The zero-order chi connectivity index (χ0) is 19.7. The lowest BCUT2D eigenvalue weighted by Gasteiger charge is -2.42. The summed E-state index contributed by atoms with van der Waals surface area (Å²) < 4.78 is 2.01. The molecular weight excluding hydrogens is 553 g/mol. The fourth-order valence-electron chi connectivity index (χ4n) is 4.46. The van der Waals surface area contributed by atoms with Crippen molar-refractivity contribution in [1.82, 2.24) is 15.5 Å². The van der Waals surface area contributed by atoms with Crippen molar-refractivity contribution in [3.8, 4) is 0 Å². The number of benzene rings is 2. The van der Waals surface area contributed by atoms with E-state index in [1.165, 1.54) is 11.1 Å². The minimum atomic E-state index is -0.497. The van der Waals surface area contributed by atoms with E-state index in [4.69, 9.17) is 0 Å². The number of carbonyl (C=O) groups is 1. The molecular formula is C22H27Br2Cl2N3O. The van der Waals surface area contributed by atoms with E-state index < -0.39 is 5.54 Å². The summed E-state index contributed by atoms with van der Waals surface area (Å²) in [7, 11) is 0. The van der Waals surface area contributed by atoms with Crippen LogP contribution in [-0.2, 0) is 17.6 Å². The number of piperazine rings is 1. The summed E-state index contributed by atoms with van der Waals surface area (Å²) in [6.45, 7) is 5.72. The highest BCUT2D eigenvalue weighted by Crippen LogP contribution is 2.36. The summed E-state index contributed by atoms with van der Waals surface area (Å²) in [5.74, 6) is 0.134. The summed E-state index contributed by atoms with van der Waals surface area (Å²) in [6, 6.07) is 14.6. The zero-order valence-electron chi connectivity index (χ0n) is 16.8. The Morgan fingerprint density at radius 1 is 1.03 bits per heavy atom. The monoisotopic (exact) mass is 577 g/mol. The van der Waals surface area contributed by atoms with Gasteiger partial charge < -0.3 is 10.6 Å². The van der Waals surface area contributed by atoms with Crippen LogP contribution in [0.5, 0.6) is 0 Å². The van der Waals surface area contributed by atoms with Crippen LogP contribution in [0.4, 0.5) is 0 Å². The van der Waals surface area contributed by atoms with Crippen LogP contribution in [0.25, 0.3) is 0 Å². The normalized spacial score (nSPS) is 18.5. The first-order valence-corrected chi connectivity index (χ1v) is 11.4. The summed E-state index contributed by atoms with van der Waals surface area (Å²) in [5, 5.41) is 6.73. The molecule has 2 aromatic carbocycles. The molecule has 2 aromatic rings. The Labute approximate surface area is 207 Å². The van der Waals surface area contributed by atoms with Crippen molar-refractivity contribution in [2.45, 2.75) is 31.3 Å². The minimum absolute atomic E-state index is 0. The molecule has 1 heterocycles. The lowest BCUT2D eigenvalue weighted by atomic mass is 9.90. The molecule has 1 aliphatic carbocycles. The van der Waals surface area contributed by atoms with Gasteiger partial charge in [0, 0.05) is 48.0 Å². The van der Waals surface area contributed by atoms with Gasteiger partial charge in [-0.05, 0) is 41.8 Å². The Morgan fingerprint density at radius 2 is 1.57 bits per heavy atom. The van der Waals surface area contributed by atoms with Crippen LogP contribution in [0.3, 0.4) is 0 Å². The Bertz CT molecular complexity index is 845. The zero-order valence-corrected chi connectivity index (χ0v) is 21.6. The number of hydrogen-bond acceptors (Lipinski definition) is 3. The predicted octanol–water partition coefficient (Wildman–Crippen LogP) is 4.68. The van der Waals surface area contributed by atoms with Crippen LogP contribution >= 0.6 is 56.7 Å². The third-order valence-electron chi connectivity index (χ3n) is 5.96. The molecule has 0 spiro atoms. The molecule has 1 atom stereocenters. The summed E-state index contributed by atoms with van der Waals surface area (Å²) >= 11 is 7.10. The predicted molar refractivity (Wildman–Crippen MR) is 134 cm³/mol. The van der Waals surface area contributed by atoms with Crippen molar-refractivity contribution >= 4 is 62.6 Å². The number of rotatable bonds is 4. The molecule has 4 nitrogen and oxygen atoms in total. The molecule has 0 aromatic heterocycles. The molecule has 8 heteroatoms. The molecule has 1 saturated heterocycles. The lowest BCUT2D eigenvalue weighted by molar-refractivity contribution is -0.134. The van der Waals surface area contributed by atoms with Gasteiger partial charge >= 0.3 is 0 Å². The third kappa shape index (κ3) is 5.22. The second-order valence-electron chi connectivity index (χ2n) is 7.79. The van der Waals surface area contributed by atoms with Crippen LogP contribution in [0.15, 0.2) is 51.4 Å². The van der Waals surface area contributed by atoms with Gasteiger partial charge in [0.1, 0.15) is 5.54 Å². The highest BCUT2D eigenvalue weighted by molar-refractivity contribution is 9.11. The van der Waals surface area contributed by atoms with Gasteiger partial charge in [-0.15, -0.1) is 24.8 Å². The number of nitrogens with one attached hydrogen (secondary N) is 2. The molecule has 0 radical (unpaired) electrons. The number of fused-ring (bicyclic) bond motifs is 1. The van der Waals surface area contributed by atoms with Crippen LogP contribution < -0.4 is 10.6 Å². The molecule has 4 rings (SSSR count). The van der Waals surface area contributed by atoms with Crippen LogP contribution in [0.2, 0.25) is 0 Å². The number of amides is 1. The van der Waals surface area contributed by atoms with Gasteiger partial charge in [0.2, 0.25) is 5.91 Å². The van der Waals surface area contributed by atoms with E-state index in [-0.39, 0.29) is 36.8 Å². The topological polar surface area (TPSA) is 44.4 Å². The number of nitrogens with zero attached hydrogens (tertiary/aromatic N) is 1. The molecule has 2 N–H and O–H groups in total. The van der Waals surface area contributed by atoms with Crippen LogP contribution in [0, 0.1) is 0 Å². The molecule has 164 valence electrons. The largest absolute Gasteiger partial charge is 0.348 e. The molecule has 1 fully saturated rings. The summed E-state index contributed by atoms with van der Waals surface area (Å²) in [5.41, 5.74) is 3.19. The fourth-order valence-corrected chi connectivity index (χ4v) is 5.78. The van der Waals surface area contributed by atoms with Crippen molar-refractivity contribution in [2.24, 2.45) is 0 Å². The maximum absolute atomic E-state index is 13.7. The van der Waals surface area contributed by atoms with E-state index in [1.54, 1.807) is 0 Å². The highest BCUT2D eigenvalue weighted by Gasteiger charge is 2.48. The van der Waals surface area contributed by atoms with Gasteiger partial charge in [0.05, 0.1) is 6.04 Å². The second kappa shape index (κ2) is 10.8. The SMILES string of the molecule is CC(NC(=O)C1(N2CCNCC2)Cc2ccccc2C1)c1cc(Br)cc(Br)c1.Cl.Cl. The van der Waals surface area contributed by atoms with Gasteiger partial charge in [-0.2, -0.15) is 0 Å². The van der Waals surface area contributed by atoms with E-state index in [1.807, 2.05) is 6.07 Å². The maximum atomic E-state index is 13.7. The molecule has 1 aliphatic heterocycles. The fraction of sp³-hybridized carbons (Fsp3) is 0.409. The minimum Gasteiger partial charge on any atom is -0.348 e. The average Bonchev–Trinajstić information content (AvgIpc) is 3.09. The van der Waals surface area contributed by atoms with Crippen molar-refractivity contribution < 1.29 is 4.79 Å². The Morgan fingerprint density at radius 3 is 2.10 bits per heavy atom. The third-order valence-corrected chi connectivity index (χ3v) is 6.88. The Hall–Kier alpha value is -0.630. The molecule has 0 bridgehead atoms. The first-order valence-electron chi connectivity index (χ1n) is 9.77. The van der Waals surface area contributed by atoms with E-state index >= 15 is 0 Å². The van der Waals surface area contributed by atoms with Gasteiger partial charge in [0.25, 0.3) is 0 Å². The number of carbonyl (C=O) groups excluding carboxylic acids is 1. The van der Waals surface area contributed by atoms with Crippen LogP contribution in [-0.4, -0.2) is 42.5 Å². The quantitative estimate of drug-likeness (QED) is 0.553. The van der Waals surface area contributed by atoms with Crippen molar-refractivity contribution in [3.63, 3.8) is 0 Å². The summed E-state index contributed by atoms with van der Waals surface area (Å²) in [4.78, 5) is 16.1. The molecule has 1 unspecified atom stereocenters. The van der Waals surface area contributed by atoms with Crippen molar-refractivity contribution in [1.29, 1.82) is 0 Å². The Balaban J connectivity index is 0.00000160. The van der Waals surface area contributed by atoms with Gasteiger partial charge in [0.15, 0.2) is 0 Å². The standard InChI is InChI=1S/C22H25Br2N3O.2ClH/c1-15(18-10-19(23)12-20(24)11-18)26-21(28)22(27-8-6-25-7-9-27)13-16-4-2-3-5-17(16)14-22;;/h2-5,10-12,15,25H,6-9,13-14H2,1H3,(H,26,28);2*1H. The second-order valence-corrected chi connectivity index (χ2v) is 9.62. The molecule has 0 saturated carbocycles. The summed E-state index contributed by atoms with van der Waals surface area (Å²) in [6.07, 6.45) is 1.56. The first kappa shape index (κ1) is 25.6. The average molecular weight is 580 g/mol. The van der Waals surface area contributed by atoms with E-state index in [0.717, 1.165) is 53.5 Å². The first-order chi connectivity index (χ1) is 13.5. The molecule has 1 amide bonds. The van der Waals surface area contributed by atoms with Crippen LogP contribution in [0.1, 0.15) is 29.7 Å². The van der Waals surface area contributed by atoms with E-state index in [0.29, 0.717) is 0 Å². The van der Waals surface area contributed by atoms with Crippen molar-refractivity contribution in [2.75, 3.05) is 26.2 Å². The molecule has 30 heavy (non-hydrogen) atoms. The smallest absolute Gasteiger partial charge is 0.241 e. The molecule has 2 aliphatic rings. The van der Waals surface area contributed by atoms with Gasteiger partial charge in [-0.3, -0.25) is 9.69 Å². The number of halogens is 4. The van der Waals surface area contributed by atoms with Gasteiger partial charge in [-0.1, -0.05) is 56.1 Å².